The molecule has 11 nitrogen and oxygen atoms in total. The van der Waals surface area contributed by atoms with Gasteiger partial charge in [-0.25, -0.2) is 4.79 Å². The molecule has 11 heteroatoms. The van der Waals surface area contributed by atoms with Crippen LogP contribution in [0.2, 0.25) is 0 Å². The van der Waals surface area contributed by atoms with Crippen molar-refractivity contribution in [1.82, 2.24) is 0 Å². The molecule has 0 bridgehead atoms. The summed E-state index contributed by atoms with van der Waals surface area (Å²) >= 11 is 0. The summed E-state index contributed by atoms with van der Waals surface area (Å²) in [4.78, 5) is 26.5. The Hall–Kier alpha value is -5.94. The molecule has 0 aliphatic heterocycles. The first kappa shape index (κ1) is 36.9. The van der Waals surface area contributed by atoms with Gasteiger partial charge in [0.15, 0.2) is 5.78 Å². The third kappa shape index (κ3) is 11.3. The van der Waals surface area contributed by atoms with E-state index in [4.69, 9.17) is 9.84 Å². The summed E-state index contributed by atoms with van der Waals surface area (Å²) in [5.41, 5.74) is 6.78. The summed E-state index contributed by atoms with van der Waals surface area (Å²) in [5.74, 6) is -1.30. The molecule has 0 aromatic heterocycles. The van der Waals surface area contributed by atoms with E-state index in [-0.39, 0.29) is 18.8 Å². The van der Waals surface area contributed by atoms with Crippen molar-refractivity contribution in [3.63, 3.8) is 0 Å². The van der Waals surface area contributed by atoms with Crippen LogP contribution in [0.5, 0.6) is 0 Å². The van der Waals surface area contributed by atoms with Gasteiger partial charge in [-0.15, -0.1) is 0 Å². The second-order valence-electron chi connectivity index (χ2n) is 11.1. The normalized spacial score (nSPS) is 11.6. The van der Waals surface area contributed by atoms with Crippen LogP contribution in [0.4, 0.5) is 39.8 Å². The van der Waals surface area contributed by atoms with Crippen LogP contribution in [0.15, 0.2) is 140 Å². The molecule has 0 unspecified atom stereocenters. The second kappa shape index (κ2) is 19.2. The van der Waals surface area contributed by atoms with E-state index >= 15 is 0 Å². The summed E-state index contributed by atoms with van der Waals surface area (Å²) in [6.45, 7) is 11.8. The van der Waals surface area contributed by atoms with Gasteiger partial charge in [0, 0.05) is 25.4 Å². The number of allylic oxidation sites excluding steroid dienone is 1. The molecule has 0 spiro atoms. The number of ketones is 1. The van der Waals surface area contributed by atoms with E-state index in [1.165, 1.54) is 11.8 Å². The summed E-state index contributed by atoms with van der Waals surface area (Å²) in [6.07, 6.45) is 3.88. The smallest absolute Gasteiger partial charge is 0.341 e. The van der Waals surface area contributed by atoms with Crippen molar-refractivity contribution in [2.75, 3.05) is 31.2 Å². The molecule has 0 radical (unpaired) electrons. The lowest BCUT2D eigenvalue weighted by Crippen LogP contribution is -2.21. The summed E-state index contributed by atoms with van der Waals surface area (Å²) in [5, 5.41) is 34.9. The van der Waals surface area contributed by atoms with Gasteiger partial charge in [-0.1, -0.05) is 24.8 Å². The van der Waals surface area contributed by atoms with Gasteiger partial charge in [0.2, 0.25) is 0 Å². The van der Waals surface area contributed by atoms with Crippen molar-refractivity contribution < 1.29 is 19.4 Å². The number of hydrogen-bond donors (Lipinski definition) is 1. The predicted octanol–water partition coefficient (Wildman–Crippen LogP) is 10.5. The number of ether oxygens (including phenoxy) is 1. The molecule has 4 aromatic carbocycles. The van der Waals surface area contributed by atoms with Crippen LogP contribution in [0.25, 0.3) is 6.08 Å². The average Bonchev–Trinajstić information content (AvgIpc) is 3.15. The Labute approximate surface area is 292 Å². The number of aliphatic hydroxyl groups is 1. The third-order valence-corrected chi connectivity index (χ3v) is 7.49. The third-order valence-electron chi connectivity index (χ3n) is 7.49. The Morgan fingerprint density at radius 2 is 1.22 bits per heavy atom. The van der Waals surface area contributed by atoms with Crippen LogP contribution in [-0.4, -0.2) is 43.2 Å². The van der Waals surface area contributed by atoms with Crippen LogP contribution >= 0.6 is 0 Å². The van der Waals surface area contributed by atoms with Crippen molar-refractivity contribution in [3.8, 4) is 0 Å². The number of carbonyl (C=O) groups is 2. The Morgan fingerprint density at radius 1 is 0.720 bits per heavy atom. The van der Waals surface area contributed by atoms with E-state index in [1.807, 2.05) is 49.4 Å². The van der Waals surface area contributed by atoms with Crippen molar-refractivity contribution in [3.05, 3.63) is 120 Å². The Morgan fingerprint density at radius 3 is 1.76 bits per heavy atom. The van der Waals surface area contributed by atoms with Crippen LogP contribution < -0.4 is 4.90 Å². The van der Waals surface area contributed by atoms with Crippen LogP contribution in [0.3, 0.4) is 0 Å². The average molecular weight is 672 g/mol. The predicted molar refractivity (Wildman–Crippen MR) is 197 cm³/mol. The van der Waals surface area contributed by atoms with Crippen molar-refractivity contribution in [2.24, 2.45) is 30.7 Å². The van der Waals surface area contributed by atoms with Crippen molar-refractivity contribution in [2.45, 2.75) is 33.6 Å². The Balaban J connectivity index is 1.27. The minimum atomic E-state index is -0.766. The summed E-state index contributed by atoms with van der Waals surface area (Å²) < 4.78 is 4.99. The highest BCUT2D eigenvalue weighted by Crippen LogP contribution is 2.29. The fourth-order valence-corrected chi connectivity index (χ4v) is 4.55. The van der Waals surface area contributed by atoms with Crippen LogP contribution in [0, 0.1) is 6.92 Å². The van der Waals surface area contributed by atoms with E-state index in [0.29, 0.717) is 29.9 Å². The first-order valence-corrected chi connectivity index (χ1v) is 16.4. The van der Waals surface area contributed by atoms with Crippen LogP contribution in [-0.2, 0) is 14.3 Å². The lowest BCUT2D eigenvalue weighted by Gasteiger charge is -2.20. The number of aryl methyl sites for hydroxylation is 1. The molecule has 0 atom stereocenters. The van der Waals surface area contributed by atoms with Gasteiger partial charge >= 0.3 is 5.97 Å². The largest absolute Gasteiger partial charge is 0.462 e. The fraction of sp³-hybridized carbons (Fsp3) is 0.231. The number of anilines is 1. The van der Waals surface area contributed by atoms with Gasteiger partial charge in [0.25, 0.3) is 0 Å². The zero-order chi connectivity index (χ0) is 35.7. The lowest BCUT2D eigenvalue weighted by molar-refractivity contribution is -0.140. The van der Waals surface area contributed by atoms with Crippen molar-refractivity contribution in [1.29, 1.82) is 0 Å². The van der Waals surface area contributed by atoms with E-state index in [9.17, 15) is 9.59 Å². The van der Waals surface area contributed by atoms with Gasteiger partial charge in [0.05, 0.1) is 46.3 Å². The first-order valence-electron chi connectivity index (χ1n) is 16.4. The molecular weight excluding hydrogens is 630 g/mol. The molecule has 0 amide bonds. The maximum atomic E-state index is 12.3. The minimum absolute atomic E-state index is 0.0168. The second-order valence-corrected chi connectivity index (χ2v) is 11.1. The zero-order valence-electron chi connectivity index (χ0n) is 28.6. The van der Waals surface area contributed by atoms with Gasteiger partial charge < -0.3 is 14.7 Å². The molecule has 50 heavy (non-hydrogen) atoms. The first-order chi connectivity index (χ1) is 24.3. The van der Waals surface area contributed by atoms with Gasteiger partial charge in [-0.2, -0.15) is 30.7 Å². The number of benzene rings is 4. The molecule has 0 saturated carbocycles. The molecule has 0 aliphatic rings. The van der Waals surface area contributed by atoms with E-state index < -0.39 is 11.8 Å². The fourth-order valence-electron chi connectivity index (χ4n) is 4.55. The number of esters is 1. The summed E-state index contributed by atoms with van der Waals surface area (Å²) in [6, 6.07) is 28.0. The maximum absolute atomic E-state index is 12.3. The molecule has 4 rings (SSSR count). The molecule has 0 saturated heterocycles. The quantitative estimate of drug-likeness (QED) is 0.0297. The monoisotopic (exact) mass is 671 g/mol. The maximum Gasteiger partial charge on any atom is 0.341 e. The number of carbonyl (C=O) groups excluding carboxylic acids is 2. The molecule has 0 aliphatic carbocycles. The zero-order valence-corrected chi connectivity index (χ0v) is 28.6. The molecular formula is C39H41N7O4. The highest BCUT2D eigenvalue weighted by molar-refractivity contribution is 6.22. The van der Waals surface area contributed by atoms with Crippen LogP contribution in [0.1, 0.15) is 37.8 Å². The van der Waals surface area contributed by atoms with Gasteiger partial charge in [-0.05, 0) is 130 Å². The number of aliphatic hydroxyl groups excluding tert-OH is 1. The Kier molecular flexibility index (Phi) is 14.1. The van der Waals surface area contributed by atoms with E-state index in [2.05, 4.69) is 68.1 Å². The molecule has 0 heterocycles. The van der Waals surface area contributed by atoms with E-state index in [0.717, 1.165) is 41.3 Å². The standard InChI is InChI=1S/C39H41N7O4/c1-5-46(6-2)36-21-18-34(19-22-36)42-44-35-20-23-37(28(3)27-35)45-43-33-16-14-32(15-17-33)41-40-31-12-9-30(10-13-31)11-24-38(48)29(4)39(49)50-26-8-7-25-47/h9-24,27,47H,4-8,25-26H2,1-3H3. The number of unbranched alkanes of at least 4 members (excludes halogenated alkanes) is 1. The molecule has 256 valence electrons. The lowest BCUT2D eigenvalue weighted by atomic mass is 10.1. The van der Waals surface area contributed by atoms with Gasteiger partial charge in [0.1, 0.15) is 0 Å². The number of rotatable bonds is 17. The molecule has 0 fully saturated rings. The SMILES string of the molecule is C=C(C(=O)C=Cc1ccc(N=Nc2ccc(N=Nc3ccc(N=Nc4ccc(N(CC)CC)cc4)cc3C)cc2)cc1)C(=O)OCCCCO. The molecule has 4 aromatic rings. The van der Waals surface area contributed by atoms with Gasteiger partial charge in [-0.3, -0.25) is 4.79 Å². The number of azo groups is 3. The van der Waals surface area contributed by atoms with Crippen molar-refractivity contribution >= 4 is 57.6 Å². The highest BCUT2D eigenvalue weighted by atomic mass is 16.5. The summed E-state index contributed by atoms with van der Waals surface area (Å²) in [7, 11) is 0. The number of hydrogen-bond acceptors (Lipinski definition) is 11. The number of nitrogens with zero attached hydrogens (tertiary/aromatic N) is 7. The minimum Gasteiger partial charge on any atom is -0.462 e. The Bertz CT molecular complexity index is 1860. The topological polar surface area (TPSA) is 141 Å². The van der Waals surface area contributed by atoms with E-state index in [1.54, 1.807) is 42.5 Å². The highest BCUT2D eigenvalue weighted by Gasteiger charge is 2.14. The molecule has 1 N–H and O–H groups in total.